The number of carbonyl (C=O) groups excluding carboxylic acids is 1. The molecule has 1 fully saturated rings. The topological polar surface area (TPSA) is 29.1 Å². The minimum absolute atomic E-state index is 0.133. The van der Waals surface area contributed by atoms with Crippen molar-refractivity contribution >= 4 is 5.91 Å². The highest BCUT2D eigenvalue weighted by Crippen LogP contribution is 2.37. The summed E-state index contributed by atoms with van der Waals surface area (Å²) in [5, 5.41) is 2.38. The fourth-order valence-corrected chi connectivity index (χ4v) is 1.96. The molecule has 1 aliphatic carbocycles. The molecule has 0 heterocycles. The summed E-state index contributed by atoms with van der Waals surface area (Å²) in [6, 6.07) is -0.721. The first kappa shape index (κ1) is 11.3. The predicted molar refractivity (Wildman–Crippen MR) is 45.6 cm³/mol. The average Bonchev–Trinajstić information content (AvgIpc) is 2.01. The molecule has 1 N–H and O–H groups in total. The average molecular weight is 209 g/mol. The Kier molecular flexibility index (Phi) is 3.39. The molecule has 0 spiro atoms. The van der Waals surface area contributed by atoms with Crippen LogP contribution in [0.15, 0.2) is 0 Å². The molecule has 82 valence electrons. The molecule has 0 saturated heterocycles. The molecule has 0 aromatic heterocycles. The van der Waals surface area contributed by atoms with Gasteiger partial charge in [0.1, 0.15) is 0 Å². The van der Waals surface area contributed by atoms with Crippen LogP contribution >= 0.6 is 0 Å². The monoisotopic (exact) mass is 209 g/mol. The molecule has 0 aromatic carbocycles. The Balaban J connectivity index is 2.64. The number of hydrogen-bond donors (Lipinski definition) is 1. The van der Waals surface area contributed by atoms with Crippen molar-refractivity contribution in [2.45, 2.75) is 44.8 Å². The minimum atomic E-state index is -4.19. The van der Waals surface area contributed by atoms with Crippen LogP contribution in [0.5, 0.6) is 0 Å². The molecular formula is C9H14F3NO. The Morgan fingerprint density at radius 1 is 1.29 bits per heavy atom. The van der Waals surface area contributed by atoms with Gasteiger partial charge < -0.3 is 5.32 Å². The van der Waals surface area contributed by atoms with Crippen molar-refractivity contribution in [3.05, 3.63) is 0 Å². The summed E-state index contributed by atoms with van der Waals surface area (Å²) in [6.07, 6.45) is -2.26. The van der Waals surface area contributed by atoms with Gasteiger partial charge in [0, 0.05) is 13.0 Å². The van der Waals surface area contributed by atoms with Crippen molar-refractivity contribution < 1.29 is 18.0 Å². The third-order valence-electron chi connectivity index (χ3n) is 2.58. The number of halogens is 3. The van der Waals surface area contributed by atoms with Gasteiger partial charge in [0.25, 0.3) is 0 Å². The Labute approximate surface area is 80.9 Å². The van der Waals surface area contributed by atoms with Gasteiger partial charge in [0.05, 0.1) is 5.92 Å². The molecule has 2 atom stereocenters. The third-order valence-corrected chi connectivity index (χ3v) is 2.58. The lowest BCUT2D eigenvalue weighted by Crippen LogP contribution is -2.47. The summed E-state index contributed by atoms with van der Waals surface area (Å²) < 4.78 is 37.5. The van der Waals surface area contributed by atoms with E-state index in [-0.39, 0.29) is 12.3 Å². The van der Waals surface area contributed by atoms with Gasteiger partial charge in [-0.25, -0.2) is 0 Å². The quantitative estimate of drug-likeness (QED) is 0.705. The summed E-state index contributed by atoms with van der Waals surface area (Å²) in [6.45, 7) is 1.25. The van der Waals surface area contributed by atoms with Gasteiger partial charge in [0.2, 0.25) is 5.91 Å². The van der Waals surface area contributed by atoms with Crippen LogP contribution < -0.4 is 5.32 Å². The molecule has 0 bridgehead atoms. The van der Waals surface area contributed by atoms with E-state index < -0.39 is 18.1 Å². The van der Waals surface area contributed by atoms with E-state index in [0.717, 1.165) is 6.42 Å². The van der Waals surface area contributed by atoms with Crippen LogP contribution in [0.25, 0.3) is 0 Å². The van der Waals surface area contributed by atoms with Crippen molar-refractivity contribution in [1.29, 1.82) is 0 Å². The number of amides is 1. The first-order valence-electron chi connectivity index (χ1n) is 4.75. The molecule has 14 heavy (non-hydrogen) atoms. The second kappa shape index (κ2) is 4.19. The van der Waals surface area contributed by atoms with Gasteiger partial charge in [-0.2, -0.15) is 13.2 Å². The van der Waals surface area contributed by atoms with E-state index in [1.165, 1.54) is 6.92 Å². The lowest BCUT2D eigenvalue weighted by molar-refractivity contribution is -0.189. The van der Waals surface area contributed by atoms with Gasteiger partial charge in [-0.05, 0) is 12.8 Å². The van der Waals surface area contributed by atoms with Gasteiger partial charge in [-0.3, -0.25) is 4.79 Å². The Bertz CT molecular complexity index is 215. The largest absolute Gasteiger partial charge is 0.393 e. The summed E-state index contributed by atoms with van der Waals surface area (Å²) in [4.78, 5) is 10.7. The van der Waals surface area contributed by atoms with Crippen molar-refractivity contribution in [2.24, 2.45) is 5.92 Å². The molecule has 0 aliphatic heterocycles. The van der Waals surface area contributed by atoms with Crippen LogP contribution in [0, 0.1) is 5.92 Å². The van der Waals surface area contributed by atoms with E-state index >= 15 is 0 Å². The smallest absolute Gasteiger partial charge is 0.353 e. The maximum atomic E-state index is 12.5. The summed E-state index contributed by atoms with van der Waals surface area (Å²) in [7, 11) is 0. The Morgan fingerprint density at radius 3 is 2.36 bits per heavy atom. The van der Waals surface area contributed by atoms with E-state index in [1.807, 2.05) is 0 Å². The SMILES string of the molecule is CC(=O)NC1CCCCC1C(F)(F)F. The van der Waals surface area contributed by atoms with Crippen LogP contribution in [0.3, 0.4) is 0 Å². The molecule has 2 unspecified atom stereocenters. The third kappa shape index (κ3) is 2.89. The van der Waals surface area contributed by atoms with Gasteiger partial charge in [-0.15, -0.1) is 0 Å². The maximum Gasteiger partial charge on any atom is 0.393 e. The van der Waals surface area contributed by atoms with E-state index in [0.29, 0.717) is 12.8 Å². The predicted octanol–water partition coefficient (Wildman–Crippen LogP) is 2.24. The highest BCUT2D eigenvalue weighted by molar-refractivity contribution is 5.73. The fourth-order valence-electron chi connectivity index (χ4n) is 1.96. The highest BCUT2D eigenvalue weighted by atomic mass is 19.4. The standard InChI is InChI=1S/C9H14F3NO/c1-6(14)13-8-5-3-2-4-7(8)9(10,11)12/h7-8H,2-5H2,1H3,(H,13,14). The van der Waals surface area contributed by atoms with Crippen LogP contribution in [0.4, 0.5) is 13.2 Å². The fraction of sp³-hybridized carbons (Fsp3) is 0.889. The normalized spacial score (nSPS) is 28.6. The molecule has 1 aliphatic rings. The minimum Gasteiger partial charge on any atom is -0.353 e. The first-order chi connectivity index (χ1) is 6.41. The van der Waals surface area contributed by atoms with E-state index in [9.17, 15) is 18.0 Å². The molecule has 0 aromatic rings. The second-order valence-electron chi connectivity index (χ2n) is 3.74. The van der Waals surface area contributed by atoms with Crippen LogP contribution in [-0.2, 0) is 4.79 Å². The number of rotatable bonds is 1. The molecule has 0 radical (unpaired) electrons. The zero-order valence-corrected chi connectivity index (χ0v) is 8.03. The van der Waals surface area contributed by atoms with E-state index in [1.54, 1.807) is 0 Å². The number of alkyl halides is 3. The Morgan fingerprint density at radius 2 is 1.86 bits per heavy atom. The number of nitrogens with one attached hydrogen (secondary N) is 1. The van der Waals surface area contributed by atoms with E-state index in [2.05, 4.69) is 5.32 Å². The summed E-state index contributed by atoms with van der Waals surface area (Å²) in [5.41, 5.74) is 0. The van der Waals surface area contributed by atoms with E-state index in [4.69, 9.17) is 0 Å². The lowest BCUT2D eigenvalue weighted by atomic mass is 9.84. The summed E-state index contributed by atoms with van der Waals surface area (Å²) >= 11 is 0. The van der Waals surface area contributed by atoms with Crippen molar-refractivity contribution in [1.82, 2.24) is 5.32 Å². The number of carbonyl (C=O) groups is 1. The van der Waals surface area contributed by atoms with Gasteiger partial charge in [0.15, 0.2) is 0 Å². The highest BCUT2D eigenvalue weighted by Gasteiger charge is 2.45. The molecular weight excluding hydrogens is 195 g/mol. The second-order valence-corrected chi connectivity index (χ2v) is 3.74. The molecule has 1 amide bonds. The maximum absolute atomic E-state index is 12.5. The lowest BCUT2D eigenvalue weighted by Gasteiger charge is -2.33. The first-order valence-corrected chi connectivity index (χ1v) is 4.75. The van der Waals surface area contributed by atoms with Gasteiger partial charge >= 0.3 is 6.18 Å². The summed E-state index contributed by atoms with van der Waals surface area (Å²) in [5.74, 6) is -1.74. The zero-order valence-electron chi connectivity index (χ0n) is 8.03. The van der Waals surface area contributed by atoms with Crippen LogP contribution in [0.1, 0.15) is 32.6 Å². The van der Waals surface area contributed by atoms with Gasteiger partial charge in [-0.1, -0.05) is 12.8 Å². The molecule has 1 rings (SSSR count). The molecule has 5 heteroatoms. The molecule has 1 saturated carbocycles. The van der Waals surface area contributed by atoms with Crippen LogP contribution in [0.2, 0.25) is 0 Å². The Hall–Kier alpha value is -0.740. The van der Waals surface area contributed by atoms with Crippen molar-refractivity contribution in [3.63, 3.8) is 0 Å². The van der Waals surface area contributed by atoms with Crippen LogP contribution in [-0.4, -0.2) is 18.1 Å². The zero-order chi connectivity index (χ0) is 10.8. The van der Waals surface area contributed by atoms with Crippen molar-refractivity contribution in [3.8, 4) is 0 Å². The number of hydrogen-bond acceptors (Lipinski definition) is 1. The molecule has 2 nitrogen and oxygen atoms in total. The van der Waals surface area contributed by atoms with Crippen molar-refractivity contribution in [2.75, 3.05) is 0 Å².